The molecule has 0 spiro atoms. The van der Waals surface area contributed by atoms with Crippen LogP contribution in [0.2, 0.25) is 0 Å². The molecule has 2 aromatic rings. The number of oxazole rings is 1. The summed E-state index contributed by atoms with van der Waals surface area (Å²) < 4.78 is 5.79. The summed E-state index contributed by atoms with van der Waals surface area (Å²) >= 11 is 0. The van der Waals surface area contributed by atoms with Crippen molar-refractivity contribution in [1.82, 2.24) is 4.98 Å². The third-order valence-electron chi connectivity index (χ3n) is 5.53. The van der Waals surface area contributed by atoms with E-state index < -0.39 is 0 Å². The molecule has 3 atom stereocenters. The van der Waals surface area contributed by atoms with E-state index in [-0.39, 0.29) is 0 Å². The lowest BCUT2D eigenvalue weighted by atomic mass is 9.71. The molecule has 23 heavy (non-hydrogen) atoms. The van der Waals surface area contributed by atoms with E-state index in [4.69, 9.17) is 4.42 Å². The molecule has 0 saturated carbocycles. The van der Waals surface area contributed by atoms with Gasteiger partial charge in [0.1, 0.15) is 5.52 Å². The van der Waals surface area contributed by atoms with E-state index >= 15 is 0 Å². The van der Waals surface area contributed by atoms with Crippen LogP contribution >= 0.6 is 0 Å². The van der Waals surface area contributed by atoms with Crippen molar-refractivity contribution < 1.29 is 4.42 Å². The first-order valence-corrected chi connectivity index (χ1v) is 8.99. The van der Waals surface area contributed by atoms with Gasteiger partial charge in [0.15, 0.2) is 12.0 Å². The lowest BCUT2D eigenvalue weighted by molar-refractivity contribution is 0.370. The minimum absolute atomic E-state index is 0.572. The standard InChI is InChI=1S/C21H29NO/c1-13(2)7-6-8-14(3)17-10-9-15(4)19-18(17)11-16(5)20-21(19)23-12-22-20/h7,11-12,14-15,17H,6,8-10H2,1-5H3/t14-,15-,17+/m0/s1. The van der Waals surface area contributed by atoms with Gasteiger partial charge in [-0.1, -0.05) is 31.6 Å². The van der Waals surface area contributed by atoms with Gasteiger partial charge in [-0.05, 0) is 75.3 Å². The molecule has 0 unspecified atom stereocenters. The van der Waals surface area contributed by atoms with Gasteiger partial charge in [0.05, 0.1) is 0 Å². The van der Waals surface area contributed by atoms with Gasteiger partial charge in [0, 0.05) is 5.56 Å². The smallest absolute Gasteiger partial charge is 0.182 e. The van der Waals surface area contributed by atoms with Gasteiger partial charge in [-0.25, -0.2) is 4.98 Å². The zero-order valence-electron chi connectivity index (χ0n) is 15.1. The molecule has 0 N–H and O–H groups in total. The molecule has 0 aliphatic heterocycles. The summed E-state index contributed by atoms with van der Waals surface area (Å²) in [5, 5.41) is 0. The second-order valence-corrected chi connectivity index (χ2v) is 7.65. The molecule has 1 heterocycles. The molecule has 0 fully saturated rings. The Morgan fingerprint density at radius 1 is 1.39 bits per heavy atom. The topological polar surface area (TPSA) is 26.0 Å². The molecule has 0 saturated heterocycles. The number of aromatic nitrogens is 1. The van der Waals surface area contributed by atoms with Crippen molar-refractivity contribution >= 4 is 11.1 Å². The Hall–Kier alpha value is -1.57. The molecule has 124 valence electrons. The number of nitrogens with zero attached hydrogens (tertiary/aromatic N) is 1. The maximum absolute atomic E-state index is 5.79. The molecule has 2 nitrogen and oxygen atoms in total. The summed E-state index contributed by atoms with van der Waals surface area (Å²) in [6.07, 6.45) is 8.97. The van der Waals surface area contributed by atoms with Crippen molar-refractivity contribution in [2.24, 2.45) is 5.92 Å². The molecule has 3 rings (SSSR count). The minimum atomic E-state index is 0.572. The second kappa shape index (κ2) is 6.51. The third kappa shape index (κ3) is 3.08. The lowest BCUT2D eigenvalue weighted by Gasteiger charge is -2.34. The molecular formula is C21H29NO. The van der Waals surface area contributed by atoms with Crippen LogP contribution in [0.5, 0.6) is 0 Å². The van der Waals surface area contributed by atoms with E-state index in [0.29, 0.717) is 17.8 Å². The van der Waals surface area contributed by atoms with Crippen LogP contribution in [-0.4, -0.2) is 4.98 Å². The van der Waals surface area contributed by atoms with E-state index in [1.807, 2.05) is 0 Å². The van der Waals surface area contributed by atoms with Crippen LogP contribution in [0.15, 0.2) is 28.5 Å². The Morgan fingerprint density at radius 3 is 2.91 bits per heavy atom. The number of benzene rings is 1. The van der Waals surface area contributed by atoms with Gasteiger partial charge in [-0.15, -0.1) is 0 Å². The molecule has 1 aromatic carbocycles. The summed E-state index contributed by atoms with van der Waals surface area (Å²) in [5.74, 6) is 1.93. The fourth-order valence-corrected chi connectivity index (χ4v) is 4.20. The van der Waals surface area contributed by atoms with Crippen molar-refractivity contribution in [3.8, 4) is 0 Å². The Balaban J connectivity index is 1.96. The molecule has 0 bridgehead atoms. The number of aryl methyl sites for hydroxylation is 1. The van der Waals surface area contributed by atoms with E-state index in [1.165, 1.54) is 47.9 Å². The fourth-order valence-electron chi connectivity index (χ4n) is 4.20. The molecule has 0 radical (unpaired) electrons. The molecule has 1 aromatic heterocycles. The van der Waals surface area contributed by atoms with Crippen molar-refractivity contribution in [2.45, 2.75) is 72.1 Å². The van der Waals surface area contributed by atoms with Crippen molar-refractivity contribution in [3.63, 3.8) is 0 Å². The van der Waals surface area contributed by atoms with E-state index in [1.54, 1.807) is 6.39 Å². The van der Waals surface area contributed by atoms with Gasteiger partial charge >= 0.3 is 0 Å². The van der Waals surface area contributed by atoms with Crippen LogP contribution in [0.1, 0.15) is 81.9 Å². The molecule has 1 aliphatic carbocycles. The van der Waals surface area contributed by atoms with Gasteiger partial charge in [0.25, 0.3) is 0 Å². The van der Waals surface area contributed by atoms with Gasteiger partial charge in [-0.3, -0.25) is 0 Å². The van der Waals surface area contributed by atoms with Crippen LogP contribution in [0.3, 0.4) is 0 Å². The fraction of sp³-hybridized carbons (Fsp3) is 0.571. The van der Waals surface area contributed by atoms with Crippen molar-refractivity contribution in [3.05, 3.63) is 40.8 Å². The Bertz CT molecular complexity index is 721. The molecular weight excluding hydrogens is 282 g/mol. The van der Waals surface area contributed by atoms with Crippen LogP contribution in [0.4, 0.5) is 0 Å². The number of hydrogen-bond acceptors (Lipinski definition) is 2. The van der Waals surface area contributed by atoms with E-state index in [0.717, 1.165) is 11.1 Å². The van der Waals surface area contributed by atoms with Crippen LogP contribution in [0.25, 0.3) is 11.1 Å². The molecule has 0 amide bonds. The summed E-state index contributed by atoms with van der Waals surface area (Å²) in [5.41, 5.74) is 7.71. The normalized spacial score (nSPS) is 22.0. The SMILES string of the molecule is CC(C)=CCC[C@H](C)[C@H]1CC[C@H](C)c2c1cc(C)c1ncoc21. The number of fused-ring (bicyclic) bond motifs is 3. The number of allylic oxidation sites excluding steroid dienone is 2. The van der Waals surface area contributed by atoms with Gasteiger partial charge in [0.2, 0.25) is 0 Å². The first-order valence-electron chi connectivity index (χ1n) is 8.99. The average molecular weight is 311 g/mol. The predicted molar refractivity (Wildman–Crippen MR) is 97.0 cm³/mol. The zero-order chi connectivity index (χ0) is 16.6. The highest BCUT2D eigenvalue weighted by atomic mass is 16.3. The third-order valence-corrected chi connectivity index (χ3v) is 5.53. The zero-order valence-corrected chi connectivity index (χ0v) is 15.1. The Morgan fingerprint density at radius 2 is 2.17 bits per heavy atom. The highest BCUT2D eigenvalue weighted by molar-refractivity contribution is 5.82. The maximum Gasteiger partial charge on any atom is 0.182 e. The Kier molecular flexibility index (Phi) is 4.61. The predicted octanol–water partition coefficient (Wildman–Crippen LogP) is 6.50. The van der Waals surface area contributed by atoms with E-state index in [9.17, 15) is 0 Å². The average Bonchev–Trinajstić information content (AvgIpc) is 2.97. The van der Waals surface area contributed by atoms with Crippen LogP contribution < -0.4 is 0 Å². The summed E-state index contributed by atoms with van der Waals surface area (Å²) in [6, 6.07) is 2.39. The second-order valence-electron chi connectivity index (χ2n) is 7.65. The number of rotatable bonds is 4. The highest BCUT2D eigenvalue weighted by Gasteiger charge is 2.31. The van der Waals surface area contributed by atoms with Gasteiger partial charge < -0.3 is 4.42 Å². The maximum atomic E-state index is 5.79. The lowest BCUT2D eigenvalue weighted by Crippen LogP contribution is -2.19. The van der Waals surface area contributed by atoms with E-state index in [2.05, 4.69) is 51.7 Å². The largest absolute Gasteiger partial charge is 0.443 e. The summed E-state index contributed by atoms with van der Waals surface area (Å²) in [7, 11) is 0. The minimum Gasteiger partial charge on any atom is -0.443 e. The molecule has 2 heteroatoms. The van der Waals surface area contributed by atoms with Crippen molar-refractivity contribution in [1.29, 1.82) is 0 Å². The monoisotopic (exact) mass is 311 g/mol. The van der Waals surface area contributed by atoms with Crippen molar-refractivity contribution in [2.75, 3.05) is 0 Å². The Labute approximate surface area is 140 Å². The summed E-state index contributed by atoms with van der Waals surface area (Å²) in [4.78, 5) is 4.43. The quantitative estimate of drug-likeness (QED) is 0.602. The van der Waals surface area contributed by atoms with Gasteiger partial charge in [-0.2, -0.15) is 0 Å². The highest BCUT2D eigenvalue weighted by Crippen LogP contribution is 2.46. The summed E-state index contributed by atoms with van der Waals surface area (Å²) in [6.45, 7) is 11.3. The number of hydrogen-bond donors (Lipinski definition) is 0. The first kappa shape index (κ1) is 16.3. The van der Waals surface area contributed by atoms with Crippen LogP contribution in [-0.2, 0) is 0 Å². The molecule has 1 aliphatic rings. The first-order chi connectivity index (χ1) is 11.0. The van der Waals surface area contributed by atoms with Crippen LogP contribution in [0, 0.1) is 12.8 Å².